The Hall–Kier alpha value is -2.14. The number of anilines is 1. The summed E-state index contributed by atoms with van der Waals surface area (Å²) in [5, 5.41) is 0. The molecule has 0 unspecified atom stereocenters. The van der Waals surface area contributed by atoms with Crippen molar-refractivity contribution in [1.29, 1.82) is 0 Å². The van der Waals surface area contributed by atoms with Crippen LogP contribution in [0.25, 0.3) is 0 Å². The number of nitrogen functional groups attached to an aromatic ring is 1. The molecule has 5 heteroatoms. The lowest BCUT2D eigenvalue weighted by atomic mass is 10.1. The Kier molecular flexibility index (Phi) is 3.51. The summed E-state index contributed by atoms with van der Waals surface area (Å²) in [6, 6.07) is 12.6. The molecule has 2 aromatic rings. The fourth-order valence-electron chi connectivity index (χ4n) is 2.46. The SMILES string of the molecule is Nc1ccccc1CCN1C(=O)c2ccc(Br)cc2C1=O. The van der Waals surface area contributed by atoms with Gasteiger partial charge in [0.25, 0.3) is 11.8 Å². The van der Waals surface area contributed by atoms with Gasteiger partial charge >= 0.3 is 0 Å². The molecule has 1 aliphatic rings. The Bertz CT molecular complexity index is 743. The highest BCUT2D eigenvalue weighted by Crippen LogP contribution is 2.26. The average molecular weight is 345 g/mol. The van der Waals surface area contributed by atoms with Crippen LogP contribution in [-0.4, -0.2) is 23.3 Å². The van der Waals surface area contributed by atoms with Crippen LogP contribution < -0.4 is 5.73 Å². The molecule has 0 spiro atoms. The molecule has 0 saturated carbocycles. The molecule has 0 saturated heterocycles. The lowest BCUT2D eigenvalue weighted by molar-refractivity contribution is 0.0656. The van der Waals surface area contributed by atoms with Crippen LogP contribution in [0.2, 0.25) is 0 Å². The van der Waals surface area contributed by atoms with E-state index in [0.717, 1.165) is 10.0 Å². The van der Waals surface area contributed by atoms with Crippen LogP contribution in [-0.2, 0) is 6.42 Å². The zero-order chi connectivity index (χ0) is 15.0. The predicted octanol–water partition coefficient (Wildman–Crippen LogP) is 2.87. The third-order valence-corrected chi connectivity index (χ3v) is 4.09. The van der Waals surface area contributed by atoms with E-state index in [4.69, 9.17) is 5.73 Å². The number of amides is 2. The Labute approximate surface area is 130 Å². The predicted molar refractivity (Wildman–Crippen MR) is 84.1 cm³/mol. The monoisotopic (exact) mass is 344 g/mol. The van der Waals surface area contributed by atoms with Crippen molar-refractivity contribution < 1.29 is 9.59 Å². The molecule has 4 nitrogen and oxygen atoms in total. The fraction of sp³-hybridized carbons (Fsp3) is 0.125. The van der Waals surface area contributed by atoms with Gasteiger partial charge in [-0.25, -0.2) is 0 Å². The minimum Gasteiger partial charge on any atom is -0.399 e. The van der Waals surface area contributed by atoms with Crippen LogP contribution in [0.3, 0.4) is 0 Å². The standard InChI is InChI=1S/C16H13BrN2O2/c17-11-5-6-12-13(9-11)16(21)19(15(12)20)8-7-10-3-1-2-4-14(10)18/h1-6,9H,7-8,18H2. The summed E-state index contributed by atoms with van der Waals surface area (Å²) in [4.78, 5) is 25.9. The zero-order valence-corrected chi connectivity index (χ0v) is 12.8. The second-order valence-corrected chi connectivity index (χ2v) is 5.82. The quantitative estimate of drug-likeness (QED) is 0.687. The van der Waals surface area contributed by atoms with Crippen LogP contribution >= 0.6 is 15.9 Å². The molecule has 0 aliphatic carbocycles. The largest absolute Gasteiger partial charge is 0.399 e. The molecule has 2 amide bonds. The van der Waals surface area contributed by atoms with Gasteiger partial charge < -0.3 is 5.73 Å². The van der Waals surface area contributed by atoms with Crippen molar-refractivity contribution >= 4 is 33.4 Å². The van der Waals surface area contributed by atoms with E-state index in [2.05, 4.69) is 15.9 Å². The molecule has 0 atom stereocenters. The van der Waals surface area contributed by atoms with Gasteiger partial charge in [-0.05, 0) is 36.2 Å². The average Bonchev–Trinajstić information content (AvgIpc) is 2.70. The summed E-state index contributed by atoms with van der Waals surface area (Å²) in [6.45, 7) is 0.332. The Morgan fingerprint density at radius 2 is 1.71 bits per heavy atom. The maximum absolute atomic E-state index is 12.3. The molecule has 1 heterocycles. The minimum absolute atomic E-state index is 0.239. The number of nitrogens with two attached hydrogens (primary N) is 1. The molecule has 21 heavy (non-hydrogen) atoms. The summed E-state index contributed by atoms with van der Waals surface area (Å²) >= 11 is 3.32. The maximum atomic E-state index is 12.3. The topological polar surface area (TPSA) is 63.4 Å². The van der Waals surface area contributed by atoms with E-state index >= 15 is 0 Å². The smallest absolute Gasteiger partial charge is 0.261 e. The maximum Gasteiger partial charge on any atom is 0.261 e. The first-order valence-corrected chi connectivity index (χ1v) is 7.36. The molecular formula is C16H13BrN2O2. The number of fused-ring (bicyclic) bond motifs is 1. The van der Waals surface area contributed by atoms with E-state index in [1.54, 1.807) is 18.2 Å². The minimum atomic E-state index is -0.245. The van der Waals surface area contributed by atoms with Gasteiger partial charge in [0.1, 0.15) is 0 Å². The van der Waals surface area contributed by atoms with Crippen LogP contribution in [0.5, 0.6) is 0 Å². The Balaban J connectivity index is 1.81. The van der Waals surface area contributed by atoms with E-state index in [-0.39, 0.29) is 11.8 Å². The summed E-state index contributed by atoms with van der Waals surface area (Å²) in [7, 11) is 0. The summed E-state index contributed by atoms with van der Waals surface area (Å²) in [6.07, 6.45) is 0.555. The third-order valence-electron chi connectivity index (χ3n) is 3.59. The van der Waals surface area contributed by atoms with Gasteiger partial charge in [-0.3, -0.25) is 14.5 Å². The van der Waals surface area contributed by atoms with Crippen LogP contribution in [0.15, 0.2) is 46.9 Å². The molecule has 0 fully saturated rings. The number of rotatable bonds is 3. The fourth-order valence-corrected chi connectivity index (χ4v) is 2.82. The molecule has 3 rings (SSSR count). The number of carbonyl (C=O) groups excluding carboxylic acids is 2. The summed E-state index contributed by atoms with van der Waals surface area (Å²) < 4.78 is 0.788. The number of nitrogens with zero attached hydrogens (tertiary/aromatic N) is 1. The van der Waals surface area contributed by atoms with Gasteiger partial charge in [-0.15, -0.1) is 0 Å². The summed E-state index contributed by atoms with van der Waals surface area (Å²) in [5.41, 5.74) is 8.42. The van der Waals surface area contributed by atoms with E-state index in [1.807, 2.05) is 24.3 Å². The first kappa shape index (κ1) is 13.8. The third kappa shape index (κ3) is 2.45. The molecule has 0 radical (unpaired) electrons. The van der Waals surface area contributed by atoms with Gasteiger partial charge in [0.05, 0.1) is 11.1 Å². The molecule has 0 bridgehead atoms. The second-order valence-electron chi connectivity index (χ2n) is 4.90. The first-order valence-electron chi connectivity index (χ1n) is 6.57. The highest BCUT2D eigenvalue weighted by Gasteiger charge is 2.35. The molecular weight excluding hydrogens is 332 g/mol. The van der Waals surface area contributed by atoms with Crippen molar-refractivity contribution in [2.24, 2.45) is 0 Å². The summed E-state index contributed by atoms with van der Waals surface area (Å²) in [5.74, 6) is -0.484. The zero-order valence-electron chi connectivity index (χ0n) is 11.2. The van der Waals surface area contributed by atoms with Crippen molar-refractivity contribution in [3.8, 4) is 0 Å². The van der Waals surface area contributed by atoms with Crippen LogP contribution in [0.4, 0.5) is 5.69 Å². The number of hydrogen-bond donors (Lipinski definition) is 1. The first-order chi connectivity index (χ1) is 10.1. The number of carbonyl (C=O) groups is 2. The normalized spacial score (nSPS) is 13.7. The molecule has 106 valence electrons. The van der Waals surface area contributed by atoms with Crippen LogP contribution in [0, 0.1) is 0 Å². The van der Waals surface area contributed by atoms with Gasteiger partial charge in [0.15, 0.2) is 0 Å². The number of halogens is 1. The van der Waals surface area contributed by atoms with Gasteiger partial charge in [-0.2, -0.15) is 0 Å². The van der Waals surface area contributed by atoms with Crippen LogP contribution in [0.1, 0.15) is 26.3 Å². The molecule has 2 N–H and O–H groups in total. The highest BCUT2D eigenvalue weighted by atomic mass is 79.9. The van der Waals surface area contributed by atoms with Gasteiger partial charge in [0.2, 0.25) is 0 Å². The molecule has 0 aromatic heterocycles. The number of hydrogen-bond acceptors (Lipinski definition) is 3. The van der Waals surface area contributed by atoms with E-state index in [0.29, 0.717) is 29.8 Å². The lowest BCUT2D eigenvalue weighted by Gasteiger charge is -2.14. The second kappa shape index (κ2) is 5.33. The van der Waals surface area contributed by atoms with Gasteiger partial charge in [0, 0.05) is 16.7 Å². The molecule has 2 aromatic carbocycles. The van der Waals surface area contributed by atoms with E-state index < -0.39 is 0 Å². The van der Waals surface area contributed by atoms with Crippen molar-refractivity contribution in [3.63, 3.8) is 0 Å². The highest BCUT2D eigenvalue weighted by molar-refractivity contribution is 9.10. The van der Waals surface area contributed by atoms with E-state index in [9.17, 15) is 9.59 Å². The molecule has 1 aliphatic heterocycles. The van der Waals surface area contributed by atoms with Crippen molar-refractivity contribution in [2.45, 2.75) is 6.42 Å². The lowest BCUT2D eigenvalue weighted by Crippen LogP contribution is -2.31. The van der Waals surface area contributed by atoms with E-state index in [1.165, 1.54) is 4.90 Å². The van der Waals surface area contributed by atoms with Crippen molar-refractivity contribution in [2.75, 3.05) is 12.3 Å². The van der Waals surface area contributed by atoms with Crippen molar-refractivity contribution in [3.05, 3.63) is 63.6 Å². The Morgan fingerprint density at radius 1 is 1.00 bits per heavy atom. The van der Waals surface area contributed by atoms with Crippen molar-refractivity contribution in [1.82, 2.24) is 4.90 Å². The number of para-hydroxylation sites is 1. The number of benzene rings is 2. The van der Waals surface area contributed by atoms with Gasteiger partial charge in [-0.1, -0.05) is 34.1 Å². The Morgan fingerprint density at radius 3 is 2.48 bits per heavy atom. The number of imide groups is 1.